The van der Waals surface area contributed by atoms with Gasteiger partial charge in [-0.2, -0.15) is 0 Å². The summed E-state index contributed by atoms with van der Waals surface area (Å²) in [5.74, 6) is 0.152. The van der Waals surface area contributed by atoms with Crippen LogP contribution in [0.1, 0.15) is 44.4 Å². The summed E-state index contributed by atoms with van der Waals surface area (Å²) in [5.41, 5.74) is 3.45. The van der Waals surface area contributed by atoms with Crippen molar-refractivity contribution >= 4 is 10.9 Å². The highest BCUT2D eigenvalue weighted by Gasteiger charge is 2.30. The van der Waals surface area contributed by atoms with Crippen molar-refractivity contribution in [2.45, 2.75) is 51.2 Å². The smallest absolute Gasteiger partial charge is 0.0748 e. The van der Waals surface area contributed by atoms with Gasteiger partial charge in [0.15, 0.2) is 0 Å². The summed E-state index contributed by atoms with van der Waals surface area (Å²) in [6.45, 7) is 6.97. The number of aromatic nitrogens is 1. The Morgan fingerprint density at radius 1 is 1.33 bits per heavy atom. The minimum Gasteiger partial charge on any atom is -0.391 e. The van der Waals surface area contributed by atoms with Crippen LogP contribution in [0, 0.1) is 0 Å². The van der Waals surface area contributed by atoms with E-state index in [9.17, 15) is 5.11 Å². The van der Waals surface area contributed by atoms with Crippen molar-refractivity contribution < 1.29 is 5.11 Å². The lowest BCUT2D eigenvalue weighted by atomic mass is 9.98. The number of nitrogens with zero attached hydrogens (tertiary/aromatic N) is 1. The molecule has 0 bridgehead atoms. The summed E-state index contributed by atoms with van der Waals surface area (Å²) >= 11 is 0. The number of pyridine rings is 1. The van der Waals surface area contributed by atoms with Crippen molar-refractivity contribution in [3.05, 3.63) is 41.6 Å². The summed E-state index contributed by atoms with van der Waals surface area (Å²) in [5, 5.41) is 15.1. The van der Waals surface area contributed by atoms with Crippen LogP contribution in [0.25, 0.3) is 10.9 Å². The van der Waals surface area contributed by atoms with Crippen molar-refractivity contribution in [1.29, 1.82) is 0 Å². The van der Waals surface area contributed by atoms with Gasteiger partial charge in [0.05, 0.1) is 17.3 Å². The first-order valence-electron chi connectivity index (χ1n) is 7.76. The van der Waals surface area contributed by atoms with E-state index in [4.69, 9.17) is 4.98 Å². The van der Waals surface area contributed by atoms with E-state index in [1.165, 1.54) is 10.9 Å². The van der Waals surface area contributed by atoms with Crippen molar-refractivity contribution in [2.75, 3.05) is 6.54 Å². The molecule has 0 radical (unpaired) electrons. The summed E-state index contributed by atoms with van der Waals surface area (Å²) < 4.78 is 0. The first-order valence-corrected chi connectivity index (χ1v) is 7.76. The second-order valence-electron chi connectivity index (χ2n) is 7.07. The molecule has 1 aliphatic rings. The Hall–Kier alpha value is -1.45. The van der Waals surface area contributed by atoms with Crippen molar-refractivity contribution in [2.24, 2.45) is 0 Å². The van der Waals surface area contributed by atoms with Crippen molar-refractivity contribution in [3.8, 4) is 0 Å². The van der Waals surface area contributed by atoms with E-state index in [-0.39, 0.29) is 17.6 Å². The summed E-state index contributed by atoms with van der Waals surface area (Å²) in [6, 6.07) is 10.5. The largest absolute Gasteiger partial charge is 0.391 e. The lowest BCUT2D eigenvalue weighted by Crippen LogP contribution is -2.42. The van der Waals surface area contributed by atoms with E-state index in [0.717, 1.165) is 24.1 Å². The Kier molecular flexibility index (Phi) is 3.72. The highest BCUT2D eigenvalue weighted by molar-refractivity contribution is 5.79. The molecule has 2 N–H and O–H groups in total. The first kappa shape index (κ1) is 14.5. The van der Waals surface area contributed by atoms with Gasteiger partial charge in [0.1, 0.15) is 0 Å². The van der Waals surface area contributed by atoms with Crippen LogP contribution in [0.3, 0.4) is 0 Å². The Morgan fingerprint density at radius 3 is 2.86 bits per heavy atom. The minimum absolute atomic E-state index is 0.0270. The normalized spacial score (nSPS) is 19.7. The molecule has 0 spiro atoms. The molecule has 3 rings (SSSR count). The van der Waals surface area contributed by atoms with E-state index >= 15 is 0 Å². The topological polar surface area (TPSA) is 45.1 Å². The average Bonchev–Trinajstić information content (AvgIpc) is 2.84. The molecule has 0 fully saturated rings. The molecule has 112 valence electrons. The molecule has 1 aromatic carbocycles. The van der Waals surface area contributed by atoms with Gasteiger partial charge >= 0.3 is 0 Å². The fraction of sp³-hybridized carbons (Fsp3) is 0.500. The second-order valence-corrected chi connectivity index (χ2v) is 7.07. The number of aryl methyl sites for hydroxylation is 1. The van der Waals surface area contributed by atoms with Crippen LogP contribution < -0.4 is 5.32 Å². The van der Waals surface area contributed by atoms with Gasteiger partial charge in [0.2, 0.25) is 0 Å². The lowest BCUT2D eigenvalue weighted by molar-refractivity contribution is 0.130. The number of para-hydroxylation sites is 1. The van der Waals surface area contributed by atoms with Crippen LogP contribution in [0.2, 0.25) is 0 Å². The monoisotopic (exact) mass is 284 g/mol. The number of aliphatic hydroxyl groups is 1. The standard InChI is InChI=1S/C18H24N2O/c1-18(2,3)19-11-16(21)14-9-8-13-10-12-6-4-5-7-15(12)20-17(13)14/h4-7,10,14,16,19,21H,8-9,11H2,1-3H3/t14-,16+/m1/s1. The second kappa shape index (κ2) is 5.39. The van der Waals surface area contributed by atoms with Crippen LogP contribution in [-0.4, -0.2) is 28.3 Å². The van der Waals surface area contributed by atoms with Gasteiger partial charge in [-0.1, -0.05) is 18.2 Å². The first-order chi connectivity index (χ1) is 9.94. The highest BCUT2D eigenvalue weighted by Crippen LogP contribution is 2.35. The Labute approximate surface area is 126 Å². The molecule has 21 heavy (non-hydrogen) atoms. The molecule has 2 aromatic rings. The summed E-state index contributed by atoms with van der Waals surface area (Å²) in [6.07, 6.45) is 1.63. The number of hydrogen-bond donors (Lipinski definition) is 2. The quantitative estimate of drug-likeness (QED) is 0.910. The van der Waals surface area contributed by atoms with Gasteiger partial charge in [0, 0.05) is 23.4 Å². The number of β-amino-alcohol motifs (C(OH)–C–C–N with tert-alkyl or cyclic N) is 1. The molecule has 0 unspecified atom stereocenters. The number of aliphatic hydroxyl groups excluding tert-OH is 1. The minimum atomic E-state index is -0.376. The van der Waals surface area contributed by atoms with Crippen LogP contribution >= 0.6 is 0 Å². The zero-order chi connectivity index (χ0) is 15.0. The summed E-state index contributed by atoms with van der Waals surface area (Å²) in [4.78, 5) is 4.81. The number of hydrogen-bond acceptors (Lipinski definition) is 3. The van der Waals surface area contributed by atoms with Gasteiger partial charge in [-0.25, -0.2) is 0 Å². The maximum absolute atomic E-state index is 10.5. The molecule has 0 amide bonds. The van der Waals surface area contributed by atoms with Crippen LogP contribution in [0.5, 0.6) is 0 Å². The molecule has 1 aliphatic carbocycles. The predicted octanol–water partition coefficient (Wildman–Crippen LogP) is 3.01. The Morgan fingerprint density at radius 2 is 2.10 bits per heavy atom. The van der Waals surface area contributed by atoms with Gasteiger partial charge in [-0.05, 0) is 51.3 Å². The van der Waals surface area contributed by atoms with Crippen LogP contribution in [0.4, 0.5) is 0 Å². The zero-order valence-electron chi connectivity index (χ0n) is 13.1. The molecule has 3 nitrogen and oxygen atoms in total. The van der Waals surface area contributed by atoms with E-state index in [0.29, 0.717) is 6.54 Å². The maximum atomic E-state index is 10.5. The molecule has 2 atom stereocenters. The van der Waals surface area contributed by atoms with Crippen molar-refractivity contribution in [1.82, 2.24) is 10.3 Å². The van der Waals surface area contributed by atoms with Crippen molar-refractivity contribution in [3.63, 3.8) is 0 Å². The SMILES string of the molecule is CC(C)(C)NC[C@H](O)[C@H]1CCc2cc3ccccc3nc21. The third-order valence-electron chi connectivity index (χ3n) is 4.22. The number of fused-ring (bicyclic) bond motifs is 2. The summed E-state index contributed by atoms with van der Waals surface area (Å²) in [7, 11) is 0. The molecule has 0 saturated heterocycles. The molecule has 3 heteroatoms. The fourth-order valence-corrected chi connectivity index (χ4v) is 3.07. The zero-order valence-corrected chi connectivity index (χ0v) is 13.1. The Bertz CT molecular complexity index is 645. The predicted molar refractivity (Wildman–Crippen MR) is 86.6 cm³/mol. The van der Waals surface area contributed by atoms with Gasteiger partial charge in [-0.15, -0.1) is 0 Å². The third-order valence-corrected chi connectivity index (χ3v) is 4.22. The van der Waals surface area contributed by atoms with E-state index in [1.807, 2.05) is 18.2 Å². The molecule has 0 aliphatic heterocycles. The van der Waals surface area contributed by atoms with E-state index in [1.54, 1.807) is 0 Å². The highest BCUT2D eigenvalue weighted by atomic mass is 16.3. The molecular formula is C18H24N2O. The average molecular weight is 284 g/mol. The molecule has 1 heterocycles. The van der Waals surface area contributed by atoms with E-state index in [2.05, 4.69) is 38.2 Å². The third kappa shape index (κ3) is 3.09. The van der Waals surface area contributed by atoms with Gasteiger partial charge in [-0.3, -0.25) is 4.98 Å². The lowest BCUT2D eigenvalue weighted by Gasteiger charge is -2.25. The Balaban J connectivity index is 1.84. The van der Waals surface area contributed by atoms with E-state index < -0.39 is 0 Å². The molecule has 0 saturated carbocycles. The number of nitrogens with one attached hydrogen (secondary N) is 1. The molecular weight excluding hydrogens is 260 g/mol. The fourth-order valence-electron chi connectivity index (χ4n) is 3.07. The number of benzene rings is 1. The van der Waals surface area contributed by atoms with Gasteiger partial charge < -0.3 is 10.4 Å². The van der Waals surface area contributed by atoms with Crippen LogP contribution in [0.15, 0.2) is 30.3 Å². The van der Waals surface area contributed by atoms with Gasteiger partial charge in [0.25, 0.3) is 0 Å². The maximum Gasteiger partial charge on any atom is 0.0748 e. The molecule has 1 aromatic heterocycles. The number of rotatable bonds is 3. The van der Waals surface area contributed by atoms with Crippen LogP contribution in [-0.2, 0) is 6.42 Å².